The zero-order chi connectivity index (χ0) is 19.1. The van der Waals surface area contributed by atoms with E-state index in [0.29, 0.717) is 39.3 Å². The highest BCUT2D eigenvalue weighted by Crippen LogP contribution is 2.16. The number of rotatable bonds is 3. The monoisotopic (exact) mass is 360 g/mol. The average Bonchev–Trinajstić information content (AvgIpc) is 2.57. The molecular weight excluding hydrogens is 332 g/mol. The van der Waals surface area contributed by atoms with Crippen molar-refractivity contribution >= 4 is 23.9 Å². The number of carbonyl (C=O) groups is 4. The summed E-state index contributed by atoms with van der Waals surface area (Å²) in [5.41, 5.74) is 0. The molecule has 25 heavy (non-hydrogen) atoms. The van der Waals surface area contributed by atoms with Crippen molar-refractivity contribution in [3.8, 4) is 0 Å². The van der Waals surface area contributed by atoms with Crippen LogP contribution >= 0.6 is 0 Å². The lowest BCUT2D eigenvalue weighted by Gasteiger charge is -2.18. The summed E-state index contributed by atoms with van der Waals surface area (Å²) in [7, 11) is 0. The van der Waals surface area contributed by atoms with Crippen LogP contribution in [0.15, 0.2) is 0 Å². The van der Waals surface area contributed by atoms with Crippen LogP contribution in [0.4, 0.5) is 0 Å². The van der Waals surface area contributed by atoms with E-state index in [1.165, 1.54) is 6.92 Å². The molecule has 1 unspecified atom stereocenters. The molecule has 0 radical (unpaired) electrons. The lowest BCUT2D eigenvalue weighted by Crippen LogP contribution is -2.32. The first-order chi connectivity index (χ1) is 11.9. The molecule has 0 aromatic carbocycles. The molecule has 144 valence electrons. The molecule has 2 aliphatic rings. The van der Waals surface area contributed by atoms with Crippen LogP contribution in [0.2, 0.25) is 0 Å². The molecular formula is C17H28O8. The molecule has 2 heterocycles. The molecule has 0 aromatic heterocycles. The molecule has 0 amide bonds. The molecule has 2 saturated heterocycles. The minimum absolute atomic E-state index is 0.0359. The van der Waals surface area contributed by atoms with Gasteiger partial charge in [0.05, 0.1) is 26.4 Å². The van der Waals surface area contributed by atoms with Crippen molar-refractivity contribution in [2.45, 2.75) is 52.9 Å². The van der Waals surface area contributed by atoms with Gasteiger partial charge in [0.1, 0.15) is 0 Å². The van der Waals surface area contributed by atoms with Gasteiger partial charge in [-0.1, -0.05) is 0 Å². The van der Waals surface area contributed by atoms with Gasteiger partial charge in [0.15, 0.2) is 5.92 Å². The molecule has 0 saturated carbocycles. The van der Waals surface area contributed by atoms with Gasteiger partial charge >= 0.3 is 23.9 Å². The second-order valence-corrected chi connectivity index (χ2v) is 5.22. The van der Waals surface area contributed by atoms with Crippen molar-refractivity contribution in [1.82, 2.24) is 0 Å². The Bertz CT molecular complexity index is 424. The van der Waals surface area contributed by atoms with Gasteiger partial charge in [-0.15, -0.1) is 0 Å². The van der Waals surface area contributed by atoms with E-state index in [0.717, 1.165) is 19.3 Å². The van der Waals surface area contributed by atoms with Crippen LogP contribution in [0.5, 0.6) is 0 Å². The smallest absolute Gasteiger partial charge is 0.320 e. The maximum absolute atomic E-state index is 11.1. The maximum atomic E-state index is 11.1. The van der Waals surface area contributed by atoms with Gasteiger partial charge in [0, 0.05) is 13.3 Å². The van der Waals surface area contributed by atoms with Crippen molar-refractivity contribution < 1.29 is 38.1 Å². The Morgan fingerprint density at radius 1 is 1.00 bits per heavy atom. The fourth-order valence-corrected chi connectivity index (χ4v) is 1.97. The standard InChI is InChI=1S/C8H12O4.C5H8O2.C4H8O2/c1-2-11-7(9)6-4-3-5-12-8(6)10;6-5-3-1-2-4-7-5;1-3-6-4(2)5/h6H,2-5H2,1H3;1-4H2;3H2,1-2H3. The van der Waals surface area contributed by atoms with Crippen molar-refractivity contribution in [2.24, 2.45) is 5.92 Å². The Morgan fingerprint density at radius 3 is 2.00 bits per heavy atom. The largest absolute Gasteiger partial charge is 0.466 e. The van der Waals surface area contributed by atoms with E-state index >= 15 is 0 Å². The summed E-state index contributed by atoms with van der Waals surface area (Å²) in [4.78, 5) is 42.1. The van der Waals surface area contributed by atoms with Gasteiger partial charge in [0.25, 0.3) is 0 Å². The predicted octanol–water partition coefficient (Wildman–Crippen LogP) is 1.79. The van der Waals surface area contributed by atoms with Gasteiger partial charge in [0.2, 0.25) is 0 Å². The van der Waals surface area contributed by atoms with E-state index in [1.54, 1.807) is 13.8 Å². The van der Waals surface area contributed by atoms with E-state index in [9.17, 15) is 19.2 Å². The Hall–Kier alpha value is -2.12. The number of carbonyl (C=O) groups excluding carboxylic acids is 4. The number of esters is 4. The van der Waals surface area contributed by atoms with Gasteiger partial charge in [-0.3, -0.25) is 19.2 Å². The fourth-order valence-electron chi connectivity index (χ4n) is 1.97. The van der Waals surface area contributed by atoms with Gasteiger partial charge in [-0.05, 0) is 39.5 Å². The Balaban J connectivity index is 0.000000378. The van der Waals surface area contributed by atoms with Gasteiger partial charge in [-0.2, -0.15) is 0 Å². The Morgan fingerprint density at radius 2 is 1.64 bits per heavy atom. The Kier molecular flexibility index (Phi) is 13.0. The maximum Gasteiger partial charge on any atom is 0.320 e. The van der Waals surface area contributed by atoms with E-state index in [1.807, 2.05) is 0 Å². The second-order valence-electron chi connectivity index (χ2n) is 5.22. The van der Waals surface area contributed by atoms with Crippen molar-refractivity contribution in [3.63, 3.8) is 0 Å². The lowest BCUT2D eigenvalue weighted by atomic mass is 10.0. The SMILES string of the molecule is CCOC(=O)C1CCCOC1=O.CCOC(C)=O.O=C1CCCCO1. The van der Waals surface area contributed by atoms with E-state index < -0.39 is 17.9 Å². The summed E-state index contributed by atoms with van der Waals surface area (Å²) in [6.07, 6.45) is 3.98. The molecule has 0 aliphatic carbocycles. The third-order valence-electron chi connectivity index (χ3n) is 3.12. The molecule has 2 rings (SSSR count). The van der Waals surface area contributed by atoms with Gasteiger partial charge in [-0.25, -0.2) is 0 Å². The van der Waals surface area contributed by atoms with E-state index in [4.69, 9.17) is 9.47 Å². The summed E-state index contributed by atoms with van der Waals surface area (Å²) in [6.45, 7) is 6.74. The number of cyclic esters (lactones) is 2. The van der Waals surface area contributed by atoms with Crippen LogP contribution in [0.25, 0.3) is 0 Å². The lowest BCUT2D eigenvalue weighted by molar-refractivity contribution is -0.165. The third kappa shape index (κ3) is 12.0. The van der Waals surface area contributed by atoms with Crippen molar-refractivity contribution in [1.29, 1.82) is 0 Å². The predicted molar refractivity (Wildman–Crippen MR) is 87.4 cm³/mol. The zero-order valence-corrected chi connectivity index (χ0v) is 15.2. The normalized spacial score (nSPS) is 18.9. The molecule has 0 bridgehead atoms. The highest BCUT2D eigenvalue weighted by Gasteiger charge is 2.31. The van der Waals surface area contributed by atoms with Gasteiger partial charge < -0.3 is 18.9 Å². The molecule has 0 aromatic rings. The van der Waals surface area contributed by atoms with E-state index in [-0.39, 0.29) is 11.9 Å². The summed E-state index contributed by atoms with van der Waals surface area (Å²) in [6, 6.07) is 0. The summed E-state index contributed by atoms with van der Waals surface area (Å²) < 4.78 is 18.5. The van der Waals surface area contributed by atoms with Crippen molar-refractivity contribution in [3.05, 3.63) is 0 Å². The highest BCUT2D eigenvalue weighted by molar-refractivity contribution is 5.95. The van der Waals surface area contributed by atoms with Crippen LogP contribution in [0.3, 0.4) is 0 Å². The number of ether oxygens (including phenoxy) is 4. The molecule has 2 fully saturated rings. The number of hydrogen-bond acceptors (Lipinski definition) is 8. The first kappa shape index (κ1) is 22.9. The highest BCUT2D eigenvalue weighted by atomic mass is 16.6. The van der Waals surface area contributed by atoms with Crippen LogP contribution in [0.1, 0.15) is 52.9 Å². The average molecular weight is 360 g/mol. The minimum Gasteiger partial charge on any atom is -0.466 e. The topological polar surface area (TPSA) is 105 Å². The molecule has 8 nitrogen and oxygen atoms in total. The fraction of sp³-hybridized carbons (Fsp3) is 0.765. The van der Waals surface area contributed by atoms with Crippen molar-refractivity contribution in [2.75, 3.05) is 26.4 Å². The van der Waals surface area contributed by atoms with Crippen LogP contribution in [-0.2, 0) is 38.1 Å². The summed E-state index contributed by atoms with van der Waals surface area (Å²) in [5, 5.41) is 0. The summed E-state index contributed by atoms with van der Waals surface area (Å²) in [5.74, 6) is -1.83. The minimum atomic E-state index is -0.682. The number of hydrogen-bond donors (Lipinski definition) is 0. The van der Waals surface area contributed by atoms with Crippen LogP contribution < -0.4 is 0 Å². The second kappa shape index (κ2) is 14.2. The molecule has 0 spiro atoms. The molecule has 1 atom stereocenters. The Labute approximate surface area is 148 Å². The molecule has 8 heteroatoms. The zero-order valence-electron chi connectivity index (χ0n) is 15.2. The van der Waals surface area contributed by atoms with Crippen LogP contribution in [0, 0.1) is 5.92 Å². The molecule has 2 aliphatic heterocycles. The quantitative estimate of drug-likeness (QED) is 0.426. The first-order valence-electron chi connectivity index (χ1n) is 8.54. The summed E-state index contributed by atoms with van der Waals surface area (Å²) >= 11 is 0. The first-order valence-corrected chi connectivity index (χ1v) is 8.54. The van der Waals surface area contributed by atoms with E-state index in [2.05, 4.69) is 9.47 Å². The third-order valence-corrected chi connectivity index (χ3v) is 3.12. The van der Waals surface area contributed by atoms with Crippen LogP contribution in [-0.4, -0.2) is 50.3 Å². The molecule has 0 N–H and O–H groups in total.